The van der Waals surface area contributed by atoms with Crippen molar-refractivity contribution < 1.29 is 9.26 Å². The average Bonchev–Trinajstić information content (AvgIpc) is 3.10. The molecule has 2 atom stereocenters. The molecule has 1 aromatic heterocycles. The summed E-state index contributed by atoms with van der Waals surface area (Å²) in [5.74, 6) is 1.28. The molecule has 0 amide bonds. The van der Waals surface area contributed by atoms with Gasteiger partial charge in [0, 0.05) is 13.2 Å². The fraction of sp³-hybridized carbons (Fsp3) is 0.846. The highest BCUT2D eigenvalue weighted by Gasteiger charge is 2.22. The summed E-state index contributed by atoms with van der Waals surface area (Å²) in [6.45, 7) is 3.93. The smallest absolute Gasteiger partial charge is 0.229 e. The van der Waals surface area contributed by atoms with Crippen molar-refractivity contribution in [1.82, 2.24) is 15.0 Å². The van der Waals surface area contributed by atoms with Crippen LogP contribution in [-0.4, -0.2) is 47.4 Å². The molecule has 19 heavy (non-hydrogen) atoms. The number of nitrogens with two attached hydrogens (primary N) is 1. The van der Waals surface area contributed by atoms with Gasteiger partial charge in [-0.15, -0.1) is 0 Å². The molecule has 2 aliphatic heterocycles. The van der Waals surface area contributed by atoms with Crippen molar-refractivity contribution in [1.29, 1.82) is 0 Å². The van der Waals surface area contributed by atoms with Gasteiger partial charge in [0.25, 0.3) is 0 Å². The van der Waals surface area contributed by atoms with Gasteiger partial charge in [0.1, 0.15) is 0 Å². The van der Waals surface area contributed by atoms with Crippen LogP contribution in [0.15, 0.2) is 4.52 Å². The lowest BCUT2D eigenvalue weighted by Crippen LogP contribution is -2.30. The van der Waals surface area contributed by atoms with Gasteiger partial charge in [0.15, 0.2) is 5.82 Å². The summed E-state index contributed by atoms with van der Waals surface area (Å²) in [4.78, 5) is 6.77. The number of nitrogens with zero attached hydrogens (tertiary/aromatic N) is 3. The van der Waals surface area contributed by atoms with Crippen LogP contribution in [0, 0.1) is 0 Å². The highest BCUT2D eigenvalue weighted by atomic mass is 16.5. The topological polar surface area (TPSA) is 77.4 Å². The zero-order valence-corrected chi connectivity index (χ0v) is 11.3. The summed E-state index contributed by atoms with van der Waals surface area (Å²) < 4.78 is 10.8. The highest BCUT2D eigenvalue weighted by molar-refractivity contribution is 4.96. The van der Waals surface area contributed by atoms with Crippen LogP contribution in [0.3, 0.4) is 0 Å². The summed E-state index contributed by atoms with van der Waals surface area (Å²) in [5.41, 5.74) is 6.14. The maximum absolute atomic E-state index is 6.14. The first-order chi connectivity index (χ1) is 9.31. The third kappa shape index (κ3) is 3.32. The monoisotopic (exact) mass is 266 g/mol. The molecule has 2 saturated heterocycles. The minimum absolute atomic E-state index is 0.153. The van der Waals surface area contributed by atoms with Gasteiger partial charge in [-0.1, -0.05) is 5.16 Å². The van der Waals surface area contributed by atoms with E-state index in [0.29, 0.717) is 18.1 Å². The first-order valence-electron chi connectivity index (χ1n) is 7.23. The van der Waals surface area contributed by atoms with Crippen LogP contribution < -0.4 is 5.73 Å². The molecule has 3 heterocycles. The molecule has 0 saturated carbocycles. The van der Waals surface area contributed by atoms with Crippen LogP contribution in [-0.2, 0) is 11.2 Å². The van der Waals surface area contributed by atoms with Gasteiger partial charge >= 0.3 is 0 Å². The Morgan fingerprint density at radius 2 is 2.16 bits per heavy atom. The molecule has 0 bridgehead atoms. The molecule has 0 radical (unpaired) electrons. The van der Waals surface area contributed by atoms with Crippen LogP contribution in [0.5, 0.6) is 0 Å². The molecule has 2 fully saturated rings. The lowest BCUT2D eigenvalue weighted by atomic mass is 10.2. The van der Waals surface area contributed by atoms with E-state index in [1.165, 1.54) is 12.8 Å². The summed E-state index contributed by atoms with van der Waals surface area (Å²) in [6.07, 6.45) is 5.69. The van der Waals surface area contributed by atoms with Gasteiger partial charge < -0.3 is 19.9 Å². The number of hydrogen-bond acceptors (Lipinski definition) is 6. The minimum Gasteiger partial charge on any atom is -0.378 e. The molecular formula is C13H22N4O2. The molecule has 3 rings (SSSR count). The van der Waals surface area contributed by atoms with Gasteiger partial charge in [-0.2, -0.15) is 4.98 Å². The number of aromatic nitrogens is 2. The Balaban J connectivity index is 1.53. The Bertz CT molecular complexity index is 397. The standard InChI is InChI=1S/C13H22N4O2/c14-11(9-17-5-1-2-6-17)13-15-12(19-16-13)8-10-4-3-7-18-10/h10-11H,1-9,14H2. The van der Waals surface area contributed by atoms with E-state index >= 15 is 0 Å². The van der Waals surface area contributed by atoms with Crippen molar-refractivity contribution in [3.8, 4) is 0 Å². The molecule has 106 valence electrons. The molecule has 2 unspecified atom stereocenters. The first kappa shape index (κ1) is 13.0. The van der Waals surface area contributed by atoms with Gasteiger partial charge in [0.05, 0.1) is 18.6 Å². The lowest BCUT2D eigenvalue weighted by Gasteiger charge is -2.17. The Morgan fingerprint density at radius 3 is 2.89 bits per heavy atom. The second kappa shape index (κ2) is 5.98. The molecule has 0 aromatic carbocycles. The van der Waals surface area contributed by atoms with E-state index in [0.717, 1.165) is 39.1 Å². The van der Waals surface area contributed by atoms with Crippen molar-refractivity contribution in [2.75, 3.05) is 26.2 Å². The largest absolute Gasteiger partial charge is 0.378 e. The SMILES string of the molecule is NC(CN1CCCC1)c1noc(CC2CCCO2)n1. The Hall–Kier alpha value is -0.980. The van der Waals surface area contributed by atoms with Crippen molar-refractivity contribution >= 4 is 0 Å². The van der Waals surface area contributed by atoms with Crippen molar-refractivity contribution in [3.05, 3.63) is 11.7 Å². The summed E-state index contributed by atoms with van der Waals surface area (Å²) in [7, 11) is 0. The van der Waals surface area contributed by atoms with E-state index in [9.17, 15) is 0 Å². The number of hydrogen-bond donors (Lipinski definition) is 1. The summed E-state index contributed by atoms with van der Waals surface area (Å²) in [5, 5.41) is 4.01. The van der Waals surface area contributed by atoms with Crippen LogP contribution in [0.4, 0.5) is 0 Å². The second-order valence-electron chi connectivity index (χ2n) is 5.50. The molecule has 2 N–H and O–H groups in total. The molecule has 6 heteroatoms. The average molecular weight is 266 g/mol. The number of ether oxygens (including phenoxy) is 1. The molecule has 0 spiro atoms. The predicted molar refractivity (Wildman–Crippen MR) is 69.6 cm³/mol. The third-order valence-corrected chi connectivity index (χ3v) is 3.90. The van der Waals surface area contributed by atoms with E-state index in [-0.39, 0.29) is 12.1 Å². The Morgan fingerprint density at radius 1 is 1.32 bits per heavy atom. The van der Waals surface area contributed by atoms with E-state index in [2.05, 4.69) is 15.0 Å². The van der Waals surface area contributed by atoms with Gasteiger partial charge in [-0.25, -0.2) is 0 Å². The predicted octanol–water partition coefficient (Wildman–Crippen LogP) is 0.887. The molecular weight excluding hydrogens is 244 g/mol. The fourth-order valence-corrected chi connectivity index (χ4v) is 2.83. The van der Waals surface area contributed by atoms with Crippen molar-refractivity contribution in [2.24, 2.45) is 5.73 Å². The van der Waals surface area contributed by atoms with Gasteiger partial charge in [0.2, 0.25) is 5.89 Å². The quantitative estimate of drug-likeness (QED) is 0.852. The zero-order chi connectivity index (χ0) is 13.1. The summed E-state index contributed by atoms with van der Waals surface area (Å²) in [6, 6.07) is -0.153. The van der Waals surface area contributed by atoms with E-state index in [4.69, 9.17) is 15.0 Å². The van der Waals surface area contributed by atoms with Crippen LogP contribution in [0.25, 0.3) is 0 Å². The molecule has 6 nitrogen and oxygen atoms in total. The van der Waals surface area contributed by atoms with Crippen LogP contribution >= 0.6 is 0 Å². The zero-order valence-electron chi connectivity index (χ0n) is 11.3. The molecule has 1 aromatic rings. The molecule has 2 aliphatic rings. The maximum atomic E-state index is 6.14. The van der Waals surface area contributed by atoms with E-state index in [1.54, 1.807) is 0 Å². The lowest BCUT2D eigenvalue weighted by molar-refractivity contribution is 0.104. The second-order valence-corrected chi connectivity index (χ2v) is 5.50. The van der Waals surface area contributed by atoms with E-state index < -0.39 is 0 Å². The molecule has 0 aliphatic carbocycles. The van der Waals surface area contributed by atoms with Gasteiger partial charge in [-0.05, 0) is 38.8 Å². The van der Waals surface area contributed by atoms with Crippen LogP contribution in [0.2, 0.25) is 0 Å². The third-order valence-electron chi connectivity index (χ3n) is 3.90. The first-order valence-corrected chi connectivity index (χ1v) is 7.23. The highest BCUT2D eigenvalue weighted by Crippen LogP contribution is 2.18. The Kier molecular flexibility index (Phi) is 4.10. The minimum atomic E-state index is -0.153. The number of rotatable bonds is 5. The van der Waals surface area contributed by atoms with Gasteiger partial charge in [-0.3, -0.25) is 0 Å². The van der Waals surface area contributed by atoms with Crippen molar-refractivity contribution in [2.45, 2.75) is 44.2 Å². The number of likely N-dealkylation sites (tertiary alicyclic amines) is 1. The normalized spacial score (nSPS) is 26.1. The van der Waals surface area contributed by atoms with Crippen molar-refractivity contribution in [3.63, 3.8) is 0 Å². The summed E-state index contributed by atoms with van der Waals surface area (Å²) >= 11 is 0. The maximum Gasteiger partial charge on any atom is 0.229 e. The fourth-order valence-electron chi connectivity index (χ4n) is 2.83. The van der Waals surface area contributed by atoms with Crippen LogP contribution in [0.1, 0.15) is 43.4 Å². The van der Waals surface area contributed by atoms with E-state index in [1.807, 2.05) is 0 Å². The Labute approximate surface area is 113 Å².